The van der Waals surface area contributed by atoms with Crippen LogP contribution < -0.4 is 5.32 Å². The molecule has 3 fully saturated rings. The molecule has 3 rings (SSSR count). The van der Waals surface area contributed by atoms with Crippen LogP contribution in [-0.2, 0) is 4.74 Å². The molecular formula is C8H15ClN2O. The molecule has 1 N–H and O–H groups in total. The Labute approximate surface area is 78.9 Å². The first-order valence-electron chi connectivity index (χ1n) is 4.47. The second kappa shape index (κ2) is 2.84. The van der Waals surface area contributed by atoms with Crippen molar-refractivity contribution >= 4 is 12.4 Å². The van der Waals surface area contributed by atoms with Gasteiger partial charge in [-0.15, -0.1) is 12.4 Å². The Morgan fingerprint density at radius 2 is 2.25 bits per heavy atom. The van der Waals surface area contributed by atoms with Gasteiger partial charge in [-0.3, -0.25) is 4.90 Å². The number of rotatable bonds is 1. The van der Waals surface area contributed by atoms with Crippen molar-refractivity contribution in [1.29, 1.82) is 0 Å². The fourth-order valence-electron chi connectivity index (χ4n) is 2.94. The van der Waals surface area contributed by atoms with E-state index in [0.717, 1.165) is 6.54 Å². The van der Waals surface area contributed by atoms with Crippen molar-refractivity contribution in [3.05, 3.63) is 0 Å². The smallest absolute Gasteiger partial charge is 0.0875 e. The monoisotopic (exact) mass is 190 g/mol. The van der Waals surface area contributed by atoms with E-state index in [1.165, 1.54) is 13.0 Å². The van der Waals surface area contributed by atoms with Gasteiger partial charge in [-0.05, 0) is 13.5 Å². The van der Waals surface area contributed by atoms with Crippen molar-refractivity contribution in [2.24, 2.45) is 0 Å². The van der Waals surface area contributed by atoms with Crippen LogP contribution in [0.3, 0.4) is 0 Å². The van der Waals surface area contributed by atoms with Gasteiger partial charge >= 0.3 is 0 Å². The van der Waals surface area contributed by atoms with Crippen molar-refractivity contribution < 1.29 is 4.74 Å². The zero-order chi connectivity index (χ0) is 7.42. The lowest BCUT2D eigenvalue weighted by Gasteiger charge is -2.21. The first kappa shape index (κ1) is 8.75. The summed E-state index contributed by atoms with van der Waals surface area (Å²) in [4.78, 5) is 2.57. The van der Waals surface area contributed by atoms with E-state index in [1.807, 2.05) is 7.05 Å². The maximum Gasteiger partial charge on any atom is 0.0875 e. The lowest BCUT2D eigenvalue weighted by molar-refractivity contribution is 0.00833. The molecule has 3 aliphatic heterocycles. The van der Waals surface area contributed by atoms with Crippen molar-refractivity contribution in [2.75, 3.05) is 20.1 Å². The topological polar surface area (TPSA) is 24.5 Å². The lowest BCUT2D eigenvalue weighted by Crippen LogP contribution is -2.40. The second-order valence-corrected chi connectivity index (χ2v) is 3.80. The van der Waals surface area contributed by atoms with Gasteiger partial charge in [0.2, 0.25) is 0 Å². The summed E-state index contributed by atoms with van der Waals surface area (Å²) in [6, 6.07) is 1.31. The summed E-state index contributed by atoms with van der Waals surface area (Å²) in [7, 11) is 2.05. The van der Waals surface area contributed by atoms with E-state index in [0.29, 0.717) is 24.3 Å². The number of hydrogen-bond acceptors (Lipinski definition) is 3. The molecule has 0 unspecified atom stereocenters. The zero-order valence-electron chi connectivity index (χ0n) is 7.19. The third kappa shape index (κ3) is 0.880. The molecule has 4 atom stereocenters. The highest BCUT2D eigenvalue weighted by Crippen LogP contribution is 2.39. The maximum absolute atomic E-state index is 5.85. The molecule has 3 heterocycles. The Morgan fingerprint density at radius 1 is 1.42 bits per heavy atom. The number of morpholine rings is 1. The Bertz CT molecular complexity index is 176. The lowest BCUT2D eigenvalue weighted by atomic mass is 10.1. The quantitative estimate of drug-likeness (QED) is 0.623. The first-order valence-corrected chi connectivity index (χ1v) is 4.47. The van der Waals surface area contributed by atoms with Crippen LogP contribution >= 0.6 is 12.4 Å². The molecule has 0 aromatic rings. The highest BCUT2D eigenvalue weighted by Gasteiger charge is 2.56. The predicted octanol–water partition coefficient (Wildman–Crippen LogP) is -0.148. The fraction of sp³-hybridized carbons (Fsp3) is 1.00. The number of fused-ring (bicyclic) bond motifs is 1. The summed E-state index contributed by atoms with van der Waals surface area (Å²) in [6.45, 7) is 2.41. The van der Waals surface area contributed by atoms with Crippen LogP contribution in [0.15, 0.2) is 0 Å². The molecule has 0 radical (unpaired) electrons. The van der Waals surface area contributed by atoms with Crippen molar-refractivity contribution in [1.82, 2.24) is 10.2 Å². The SMILES string of the molecule is CN[C@@H]1[C@H]2[C@@H]3CCN2C[C@@H]1O3.Cl. The first-order chi connectivity index (χ1) is 5.40. The third-order valence-electron chi connectivity index (χ3n) is 3.37. The molecule has 2 bridgehead atoms. The normalized spacial score (nSPS) is 49.8. The maximum atomic E-state index is 5.85. The van der Waals surface area contributed by atoms with E-state index in [-0.39, 0.29) is 12.4 Å². The van der Waals surface area contributed by atoms with Gasteiger partial charge in [0.1, 0.15) is 0 Å². The van der Waals surface area contributed by atoms with E-state index >= 15 is 0 Å². The Hall–Kier alpha value is 0.170. The summed E-state index contributed by atoms with van der Waals surface area (Å²) in [5.74, 6) is 0. The van der Waals surface area contributed by atoms with Crippen LogP contribution in [0.2, 0.25) is 0 Å². The van der Waals surface area contributed by atoms with Gasteiger partial charge in [0.05, 0.1) is 24.3 Å². The molecule has 12 heavy (non-hydrogen) atoms. The fourth-order valence-corrected chi connectivity index (χ4v) is 2.94. The number of hydrogen-bond donors (Lipinski definition) is 1. The van der Waals surface area contributed by atoms with Crippen LogP contribution in [0.4, 0.5) is 0 Å². The Balaban J connectivity index is 0.000000563. The largest absolute Gasteiger partial charge is 0.370 e. The molecule has 3 aliphatic rings. The van der Waals surface area contributed by atoms with Crippen molar-refractivity contribution in [3.63, 3.8) is 0 Å². The van der Waals surface area contributed by atoms with Gasteiger partial charge in [-0.25, -0.2) is 0 Å². The summed E-state index contributed by atoms with van der Waals surface area (Å²) in [6.07, 6.45) is 2.28. The standard InChI is InChI=1S/C8H14N2O.ClH/c1-9-7-6-4-10-3-2-5(11-6)8(7)10;/h5-9H,2-4H2,1H3;1H/t5-,6-,7-,8+;/m0./s1. The molecule has 0 aromatic carbocycles. The van der Waals surface area contributed by atoms with Gasteiger partial charge in [0.25, 0.3) is 0 Å². The molecule has 0 amide bonds. The summed E-state index contributed by atoms with van der Waals surface area (Å²) in [5, 5.41) is 3.36. The summed E-state index contributed by atoms with van der Waals surface area (Å²) >= 11 is 0. The number of nitrogens with zero attached hydrogens (tertiary/aromatic N) is 1. The van der Waals surface area contributed by atoms with E-state index in [1.54, 1.807) is 0 Å². The highest BCUT2D eigenvalue weighted by atomic mass is 35.5. The van der Waals surface area contributed by atoms with Gasteiger partial charge in [-0.1, -0.05) is 0 Å². The minimum absolute atomic E-state index is 0. The van der Waals surface area contributed by atoms with E-state index in [9.17, 15) is 0 Å². The van der Waals surface area contributed by atoms with Crippen LogP contribution in [0, 0.1) is 0 Å². The molecule has 0 aliphatic carbocycles. The number of ether oxygens (including phenoxy) is 1. The van der Waals surface area contributed by atoms with Gasteiger partial charge in [0, 0.05) is 13.1 Å². The molecule has 3 saturated heterocycles. The molecule has 0 saturated carbocycles. The van der Waals surface area contributed by atoms with E-state index in [2.05, 4.69) is 10.2 Å². The van der Waals surface area contributed by atoms with E-state index < -0.39 is 0 Å². The third-order valence-corrected chi connectivity index (χ3v) is 3.37. The molecule has 0 aromatic heterocycles. The van der Waals surface area contributed by atoms with Crippen LogP contribution in [0.1, 0.15) is 6.42 Å². The van der Waals surface area contributed by atoms with Gasteiger partial charge in [0.15, 0.2) is 0 Å². The van der Waals surface area contributed by atoms with Crippen LogP contribution in [-0.4, -0.2) is 49.3 Å². The van der Waals surface area contributed by atoms with Gasteiger partial charge < -0.3 is 10.1 Å². The highest BCUT2D eigenvalue weighted by molar-refractivity contribution is 5.85. The molecule has 70 valence electrons. The Kier molecular flexibility index (Phi) is 2.07. The number of halogens is 1. The number of likely N-dealkylation sites (N-methyl/N-ethyl adjacent to an activating group) is 1. The second-order valence-electron chi connectivity index (χ2n) is 3.80. The van der Waals surface area contributed by atoms with Gasteiger partial charge in [-0.2, -0.15) is 0 Å². The number of nitrogens with one attached hydrogen (secondary N) is 1. The van der Waals surface area contributed by atoms with Crippen LogP contribution in [0.25, 0.3) is 0 Å². The van der Waals surface area contributed by atoms with Crippen molar-refractivity contribution in [3.8, 4) is 0 Å². The molecule has 0 spiro atoms. The molecule has 4 heteroatoms. The average Bonchev–Trinajstić information content (AvgIpc) is 2.55. The summed E-state index contributed by atoms with van der Waals surface area (Å²) < 4.78 is 5.85. The molecular weight excluding hydrogens is 176 g/mol. The van der Waals surface area contributed by atoms with Crippen LogP contribution in [0.5, 0.6) is 0 Å². The Morgan fingerprint density at radius 3 is 2.83 bits per heavy atom. The average molecular weight is 191 g/mol. The molecule has 3 nitrogen and oxygen atoms in total. The van der Waals surface area contributed by atoms with Crippen molar-refractivity contribution in [2.45, 2.75) is 30.7 Å². The minimum Gasteiger partial charge on any atom is -0.370 e. The minimum atomic E-state index is 0. The zero-order valence-corrected chi connectivity index (χ0v) is 8.01. The predicted molar refractivity (Wildman–Crippen MR) is 48.7 cm³/mol. The summed E-state index contributed by atoms with van der Waals surface area (Å²) in [5.41, 5.74) is 0. The van der Waals surface area contributed by atoms with E-state index in [4.69, 9.17) is 4.74 Å².